The molecule has 0 atom stereocenters. The van der Waals surface area contributed by atoms with E-state index in [-0.39, 0.29) is 0 Å². The first-order valence-electron chi connectivity index (χ1n) is 7.47. The Morgan fingerprint density at radius 1 is 0.944 bits per heavy atom. The molecule has 0 aromatic heterocycles. The fraction of sp³-hybridized carbons (Fsp3) is 0.529. The number of hydrogen-bond acceptors (Lipinski definition) is 1. The van der Waals surface area contributed by atoms with Crippen molar-refractivity contribution in [3.63, 3.8) is 0 Å². The van der Waals surface area contributed by atoms with Crippen molar-refractivity contribution in [1.29, 1.82) is 0 Å². The van der Waals surface area contributed by atoms with Crippen molar-refractivity contribution in [3.05, 3.63) is 34.2 Å². The molecule has 1 nitrogen and oxygen atoms in total. The van der Waals surface area contributed by atoms with E-state index < -0.39 is 0 Å². The largest absolute Gasteiger partial charge is 0.317 e. The van der Waals surface area contributed by atoms with E-state index >= 15 is 0 Å². The van der Waals surface area contributed by atoms with Gasteiger partial charge in [-0.05, 0) is 73.5 Å². The molecule has 1 aliphatic heterocycles. The normalized spacial score (nSPS) is 23.3. The highest BCUT2D eigenvalue weighted by molar-refractivity contribution is 5.63. The van der Waals surface area contributed by atoms with Crippen LogP contribution in [0, 0.1) is 5.92 Å². The van der Waals surface area contributed by atoms with Gasteiger partial charge in [0.15, 0.2) is 0 Å². The molecule has 0 radical (unpaired) electrons. The number of benzene rings is 1. The van der Waals surface area contributed by atoms with Gasteiger partial charge in [0.2, 0.25) is 0 Å². The first kappa shape index (κ1) is 10.8. The van der Waals surface area contributed by atoms with Crippen LogP contribution in [0.5, 0.6) is 0 Å². The topological polar surface area (TPSA) is 12.0 Å². The SMILES string of the molecule is c1cc2c3c(c1)=C(C1CCNCC1)CCC=3CC2. The maximum Gasteiger partial charge on any atom is -0.00432 e. The molecule has 1 saturated heterocycles. The molecular weight excluding hydrogens is 218 g/mol. The van der Waals surface area contributed by atoms with Crippen LogP contribution >= 0.6 is 0 Å². The van der Waals surface area contributed by atoms with Gasteiger partial charge < -0.3 is 5.32 Å². The minimum Gasteiger partial charge on any atom is -0.317 e. The van der Waals surface area contributed by atoms with E-state index in [0.717, 1.165) is 5.92 Å². The number of nitrogens with one attached hydrogen (secondary N) is 1. The summed E-state index contributed by atoms with van der Waals surface area (Å²) in [4.78, 5) is 0. The Kier molecular flexibility index (Phi) is 2.54. The summed E-state index contributed by atoms with van der Waals surface area (Å²) < 4.78 is 0. The third kappa shape index (κ3) is 1.57. The first-order valence-corrected chi connectivity index (χ1v) is 7.47. The predicted octanol–water partition coefficient (Wildman–Crippen LogP) is 1.73. The van der Waals surface area contributed by atoms with E-state index in [9.17, 15) is 0 Å². The van der Waals surface area contributed by atoms with Gasteiger partial charge in [-0.3, -0.25) is 0 Å². The molecule has 2 aliphatic carbocycles. The molecule has 0 bridgehead atoms. The molecule has 1 fully saturated rings. The summed E-state index contributed by atoms with van der Waals surface area (Å²) in [7, 11) is 0. The number of aryl methyl sites for hydroxylation is 1. The fourth-order valence-electron chi connectivity index (χ4n) is 4.17. The summed E-state index contributed by atoms with van der Waals surface area (Å²) in [6.07, 6.45) is 7.96. The average Bonchev–Trinajstić information content (AvgIpc) is 2.86. The molecule has 0 spiro atoms. The second-order valence-corrected chi connectivity index (χ2v) is 5.99. The lowest BCUT2D eigenvalue weighted by atomic mass is 9.82. The van der Waals surface area contributed by atoms with Crippen molar-refractivity contribution in [1.82, 2.24) is 5.32 Å². The predicted molar refractivity (Wildman–Crippen MR) is 75.7 cm³/mol. The van der Waals surface area contributed by atoms with E-state index in [1.807, 2.05) is 0 Å². The van der Waals surface area contributed by atoms with Gasteiger partial charge in [-0.2, -0.15) is 0 Å². The highest BCUT2D eigenvalue weighted by Gasteiger charge is 2.23. The van der Waals surface area contributed by atoms with E-state index in [0.29, 0.717) is 0 Å². The van der Waals surface area contributed by atoms with Crippen LogP contribution < -0.4 is 15.8 Å². The first-order chi connectivity index (χ1) is 8.93. The van der Waals surface area contributed by atoms with E-state index in [1.165, 1.54) is 51.6 Å². The molecule has 94 valence electrons. The number of hydrogen-bond donors (Lipinski definition) is 1. The van der Waals surface area contributed by atoms with Crippen LogP contribution in [-0.4, -0.2) is 13.1 Å². The lowest BCUT2D eigenvalue weighted by Crippen LogP contribution is -2.37. The molecule has 1 heterocycles. The third-order valence-corrected chi connectivity index (χ3v) is 5.07. The van der Waals surface area contributed by atoms with Crippen LogP contribution in [0.25, 0.3) is 11.1 Å². The highest BCUT2D eigenvalue weighted by atomic mass is 14.9. The van der Waals surface area contributed by atoms with Crippen molar-refractivity contribution < 1.29 is 0 Å². The van der Waals surface area contributed by atoms with E-state index in [1.54, 1.807) is 27.1 Å². The second kappa shape index (κ2) is 4.24. The molecule has 1 aromatic carbocycles. The summed E-state index contributed by atoms with van der Waals surface area (Å²) >= 11 is 0. The second-order valence-electron chi connectivity index (χ2n) is 5.99. The highest BCUT2D eigenvalue weighted by Crippen LogP contribution is 2.31. The zero-order chi connectivity index (χ0) is 11.9. The molecule has 1 heteroatoms. The summed E-state index contributed by atoms with van der Waals surface area (Å²) in [5, 5.41) is 6.78. The Morgan fingerprint density at radius 3 is 2.67 bits per heavy atom. The van der Waals surface area contributed by atoms with Crippen molar-refractivity contribution in [2.24, 2.45) is 5.92 Å². The van der Waals surface area contributed by atoms with Crippen molar-refractivity contribution >= 4 is 11.1 Å². The fourth-order valence-corrected chi connectivity index (χ4v) is 4.17. The van der Waals surface area contributed by atoms with Crippen molar-refractivity contribution in [2.45, 2.75) is 38.5 Å². The van der Waals surface area contributed by atoms with Crippen molar-refractivity contribution in [3.8, 4) is 0 Å². The zero-order valence-electron chi connectivity index (χ0n) is 11.0. The number of piperidine rings is 1. The minimum absolute atomic E-state index is 0.847. The molecule has 0 amide bonds. The van der Waals surface area contributed by atoms with Crippen LogP contribution in [0.1, 0.15) is 37.7 Å². The molecule has 4 rings (SSSR count). The van der Waals surface area contributed by atoms with Gasteiger partial charge in [0.05, 0.1) is 0 Å². The molecule has 1 N–H and O–H groups in total. The van der Waals surface area contributed by atoms with Gasteiger partial charge in [0, 0.05) is 0 Å². The summed E-state index contributed by atoms with van der Waals surface area (Å²) in [6.45, 7) is 2.42. The summed E-state index contributed by atoms with van der Waals surface area (Å²) in [5.74, 6) is 0.847. The Morgan fingerprint density at radius 2 is 1.78 bits per heavy atom. The van der Waals surface area contributed by atoms with E-state index in [2.05, 4.69) is 23.5 Å². The third-order valence-electron chi connectivity index (χ3n) is 5.07. The maximum atomic E-state index is 3.49. The quantitative estimate of drug-likeness (QED) is 0.787. The zero-order valence-corrected chi connectivity index (χ0v) is 11.0. The minimum atomic E-state index is 0.847. The lowest BCUT2D eigenvalue weighted by Gasteiger charge is -2.27. The summed E-state index contributed by atoms with van der Waals surface area (Å²) in [6, 6.07) is 7.02. The van der Waals surface area contributed by atoms with Gasteiger partial charge in [-0.15, -0.1) is 0 Å². The molecule has 1 aromatic rings. The standard InChI is InChI=1S/C17H21N/c1-2-13-4-5-14-6-7-15(16(3-1)17(13)14)12-8-10-18-11-9-12/h1-3,12,18H,4-11H2. The van der Waals surface area contributed by atoms with Crippen molar-refractivity contribution in [2.75, 3.05) is 13.1 Å². The Hall–Kier alpha value is -1.08. The van der Waals surface area contributed by atoms with Crippen LogP contribution in [-0.2, 0) is 6.42 Å². The molecular formula is C17H21N. The lowest BCUT2D eigenvalue weighted by molar-refractivity contribution is 0.438. The van der Waals surface area contributed by atoms with Gasteiger partial charge in [0.1, 0.15) is 0 Å². The van der Waals surface area contributed by atoms with Gasteiger partial charge in [-0.1, -0.05) is 29.3 Å². The average molecular weight is 239 g/mol. The number of rotatable bonds is 1. The Labute approximate surface area is 109 Å². The van der Waals surface area contributed by atoms with Gasteiger partial charge in [-0.25, -0.2) is 0 Å². The maximum absolute atomic E-state index is 3.49. The Bertz CT molecular complexity index is 591. The smallest absolute Gasteiger partial charge is 0.00432 e. The van der Waals surface area contributed by atoms with Crippen LogP contribution in [0.4, 0.5) is 0 Å². The van der Waals surface area contributed by atoms with Crippen LogP contribution in [0.2, 0.25) is 0 Å². The molecule has 0 saturated carbocycles. The van der Waals surface area contributed by atoms with Gasteiger partial charge in [0.25, 0.3) is 0 Å². The molecule has 3 aliphatic rings. The van der Waals surface area contributed by atoms with Crippen LogP contribution in [0.3, 0.4) is 0 Å². The van der Waals surface area contributed by atoms with Crippen LogP contribution in [0.15, 0.2) is 18.2 Å². The summed E-state index contributed by atoms with van der Waals surface area (Å²) in [5.41, 5.74) is 5.14. The molecule has 18 heavy (non-hydrogen) atoms. The van der Waals surface area contributed by atoms with Gasteiger partial charge >= 0.3 is 0 Å². The molecule has 0 unspecified atom stereocenters. The Balaban J connectivity index is 1.93. The van der Waals surface area contributed by atoms with E-state index in [4.69, 9.17) is 0 Å². The monoisotopic (exact) mass is 239 g/mol.